The van der Waals surface area contributed by atoms with E-state index < -0.39 is 18.0 Å². The average Bonchev–Trinajstić information content (AvgIpc) is 2.27. The molecule has 1 atom stereocenters. The molecule has 3 nitrogen and oxygen atoms in total. The fourth-order valence-electron chi connectivity index (χ4n) is 2.03. The van der Waals surface area contributed by atoms with Gasteiger partial charge in [-0.25, -0.2) is 4.98 Å². The number of alkyl halides is 3. The van der Waals surface area contributed by atoms with Crippen LogP contribution in [0.1, 0.15) is 35.9 Å². The Bertz CT molecular complexity index is 431. The summed E-state index contributed by atoms with van der Waals surface area (Å²) in [5.41, 5.74) is -0.337. The summed E-state index contributed by atoms with van der Waals surface area (Å²) in [4.78, 5) is 3.52. The Morgan fingerprint density at radius 3 is 2.76 bits per heavy atom. The third kappa shape index (κ3) is 2.22. The van der Waals surface area contributed by atoms with Crippen LogP contribution in [0.4, 0.5) is 13.2 Å². The Morgan fingerprint density at radius 2 is 2.18 bits per heavy atom. The molecule has 1 aliphatic rings. The number of pyridine rings is 1. The molecule has 0 bridgehead atoms. The van der Waals surface area contributed by atoms with Gasteiger partial charge in [0.25, 0.3) is 0 Å². The molecule has 0 saturated heterocycles. The van der Waals surface area contributed by atoms with E-state index in [4.69, 9.17) is 4.74 Å². The smallest absolute Gasteiger partial charge is 0.433 e. The minimum Gasteiger partial charge on any atom is -0.496 e. The highest BCUT2D eigenvalue weighted by Gasteiger charge is 2.36. The molecule has 0 radical (unpaired) electrons. The summed E-state index contributed by atoms with van der Waals surface area (Å²) in [6, 6.07) is 0.886. The number of aliphatic hydroxyl groups excluding tert-OH is 1. The molecule has 1 aliphatic carbocycles. The lowest BCUT2D eigenvalue weighted by Gasteiger charge is -2.23. The summed E-state index contributed by atoms with van der Waals surface area (Å²) in [7, 11) is 1.32. The standard InChI is InChI=1S/C11H12F3NO2/c1-17-8-5-9(11(12,13)14)15-10-6(8)3-2-4-7(10)16/h5,7,16H,2-4H2,1H3. The molecule has 6 heteroatoms. The van der Waals surface area contributed by atoms with Crippen LogP contribution in [-0.4, -0.2) is 17.2 Å². The van der Waals surface area contributed by atoms with Crippen molar-refractivity contribution in [2.75, 3.05) is 7.11 Å². The molecule has 0 aromatic carbocycles. The molecular formula is C11H12F3NO2. The summed E-state index contributed by atoms with van der Waals surface area (Å²) < 4.78 is 42.8. The molecule has 17 heavy (non-hydrogen) atoms. The Balaban J connectivity index is 2.57. The third-order valence-electron chi connectivity index (χ3n) is 2.85. The summed E-state index contributed by atoms with van der Waals surface area (Å²) in [6.45, 7) is 0. The highest BCUT2D eigenvalue weighted by Crippen LogP contribution is 2.38. The second kappa shape index (κ2) is 4.18. The summed E-state index contributed by atoms with van der Waals surface area (Å²) >= 11 is 0. The lowest BCUT2D eigenvalue weighted by Crippen LogP contribution is -2.17. The SMILES string of the molecule is COc1cc(C(F)(F)F)nc2c1CCCC2O. The van der Waals surface area contributed by atoms with Crippen LogP contribution in [0, 0.1) is 0 Å². The first-order valence-corrected chi connectivity index (χ1v) is 5.26. The van der Waals surface area contributed by atoms with Gasteiger partial charge in [0.15, 0.2) is 0 Å². The molecule has 2 rings (SSSR count). The summed E-state index contributed by atoms with van der Waals surface area (Å²) in [6.07, 6.45) is -3.72. The Morgan fingerprint density at radius 1 is 1.47 bits per heavy atom. The van der Waals surface area contributed by atoms with E-state index in [-0.39, 0.29) is 11.4 Å². The number of hydrogen-bond acceptors (Lipinski definition) is 3. The minimum atomic E-state index is -4.53. The van der Waals surface area contributed by atoms with Gasteiger partial charge in [-0.15, -0.1) is 0 Å². The summed E-state index contributed by atoms with van der Waals surface area (Å²) in [5.74, 6) is 0.154. The fraction of sp³-hybridized carbons (Fsp3) is 0.545. The molecule has 0 fully saturated rings. The van der Waals surface area contributed by atoms with E-state index in [2.05, 4.69) is 4.98 Å². The average molecular weight is 247 g/mol. The van der Waals surface area contributed by atoms with E-state index in [1.54, 1.807) is 0 Å². The van der Waals surface area contributed by atoms with Gasteiger partial charge in [0.1, 0.15) is 11.4 Å². The van der Waals surface area contributed by atoms with E-state index in [0.29, 0.717) is 18.4 Å². The topological polar surface area (TPSA) is 42.4 Å². The predicted molar refractivity (Wildman–Crippen MR) is 53.7 cm³/mol. The zero-order valence-electron chi connectivity index (χ0n) is 9.21. The van der Waals surface area contributed by atoms with Gasteiger partial charge in [-0.3, -0.25) is 0 Å². The third-order valence-corrected chi connectivity index (χ3v) is 2.85. The number of rotatable bonds is 1. The van der Waals surface area contributed by atoms with Crippen molar-refractivity contribution in [3.05, 3.63) is 23.0 Å². The first kappa shape index (κ1) is 12.2. The van der Waals surface area contributed by atoms with Crippen molar-refractivity contribution in [2.24, 2.45) is 0 Å². The number of ether oxygens (including phenoxy) is 1. The zero-order valence-corrected chi connectivity index (χ0v) is 9.21. The van der Waals surface area contributed by atoms with E-state index in [9.17, 15) is 18.3 Å². The molecule has 0 amide bonds. The van der Waals surface area contributed by atoms with Gasteiger partial charge < -0.3 is 9.84 Å². The van der Waals surface area contributed by atoms with Crippen LogP contribution in [0.15, 0.2) is 6.07 Å². The van der Waals surface area contributed by atoms with E-state index >= 15 is 0 Å². The molecule has 0 spiro atoms. The maximum Gasteiger partial charge on any atom is 0.433 e. The minimum absolute atomic E-state index is 0.0999. The molecular weight excluding hydrogens is 235 g/mol. The van der Waals surface area contributed by atoms with Crippen LogP contribution in [0.25, 0.3) is 0 Å². The monoisotopic (exact) mass is 247 g/mol. The van der Waals surface area contributed by atoms with Gasteiger partial charge in [-0.2, -0.15) is 13.2 Å². The number of nitrogens with zero attached hydrogens (tertiary/aromatic N) is 1. The van der Waals surface area contributed by atoms with Gasteiger partial charge in [0, 0.05) is 11.6 Å². The van der Waals surface area contributed by atoms with Gasteiger partial charge in [-0.1, -0.05) is 0 Å². The molecule has 1 aromatic rings. The fourth-order valence-corrected chi connectivity index (χ4v) is 2.03. The Kier molecular flexibility index (Phi) is 2.99. The maximum atomic E-state index is 12.6. The van der Waals surface area contributed by atoms with Crippen molar-refractivity contribution < 1.29 is 23.0 Å². The number of halogens is 3. The van der Waals surface area contributed by atoms with E-state index in [1.807, 2.05) is 0 Å². The number of aromatic nitrogens is 1. The maximum absolute atomic E-state index is 12.6. The van der Waals surface area contributed by atoms with E-state index in [1.165, 1.54) is 7.11 Å². The second-order valence-corrected chi connectivity index (χ2v) is 3.98. The van der Waals surface area contributed by atoms with Crippen LogP contribution in [0.5, 0.6) is 5.75 Å². The van der Waals surface area contributed by atoms with Gasteiger partial charge >= 0.3 is 6.18 Å². The van der Waals surface area contributed by atoms with Crippen LogP contribution < -0.4 is 4.74 Å². The molecule has 1 heterocycles. The van der Waals surface area contributed by atoms with Crippen LogP contribution in [-0.2, 0) is 12.6 Å². The van der Waals surface area contributed by atoms with Crippen LogP contribution in [0.3, 0.4) is 0 Å². The lowest BCUT2D eigenvalue weighted by molar-refractivity contribution is -0.141. The van der Waals surface area contributed by atoms with Crippen molar-refractivity contribution in [1.82, 2.24) is 4.98 Å². The number of aliphatic hydroxyl groups is 1. The first-order valence-electron chi connectivity index (χ1n) is 5.26. The molecule has 1 aromatic heterocycles. The normalized spacial score (nSPS) is 19.9. The first-order chi connectivity index (χ1) is 7.93. The van der Waals surface area contributed by atoms with Crippen molar-refractivity contribution >= 4 is 0 Å². The van der Waals surface area contributed by atoms with Crippen molar-refractivity contribution in [3.8, 4) is 5.75 Å². The van der Waals surface area contributed by atoms with E-state index in [0.717, 1.165) is 12.5 Å². The van der Waals surface area contributed by atoms with Crippen molar-refractivity contribution in [2.45, 2.75) is 31.5 Å². The number of methoxy groups -OCH3 is 1. The molecule has 94 valence electrons. The molecule has 1 unspecified atom stereocenters. The highest BCUT2D eigenvalue weighted by molar-refractivity contribution is 5.41. The second-order valence-electron chi connectivity index (χ2n) is 3.98. The highest BCUT2D eigenvalue weighted by atomic mass is 19.4. The zero-order chi connectivity index (χ0) is 12.6. The van der Waals surface area contributed by atoms with Crippen molar-refractivity contribution in [1.29, 1.82) is 0 Å². The molecule has 0 aliphatic heterocycles. The predicted octanol–water partition coefficient (Wildman–Crippen LogP) is 2.48. The van der Waals surface area contributed by atoms with Crippen LogP contribution >= 0.6 is 0 Å². The van der Waals surface area contributed by atoms with Gasteiger partial charge in [0.05, 0.1) is 18.9 Å². The molecule has 0 saturated carbocycles. The number of fused-ring (bicyclic) bond motifs is 1. The molecule has 1 N–H and O–H groups in total. The Hall–Kier alpha value is -1.30. The summed E-state index contributed by atoms with van der Waals surface area (Å²) in [5, 5.41) is 9.69. The van der Waals surface area contributed by atoms with Gasteiger partial charge in [0.2, 0.25) is 0 Å². The van der Waals surface area contributed by atoms with Gasteiger partial charge in [-0.05, 0) is 19.3 Å². The van der Waals surface area contributed by atoms with Crippen molar-refractivity contribution in [3.63, 3.8) is 0 Å². The quantitative estimate of drug-likeness (QED) is 0.829. The largest absolute Gasteiger partial charge is 0.496 e. The lowest BCUT2D eigenvalue weighted by atomic mass is 9.92. The van der Waals surface area contributed by atoms with Crippen LogP contribution in [0.2, 0.25) is 0 Å². The number of hydrogen-bond donors (Lipinski definition) is 1. The Labute approximate surface area is 96.2 Å².